The minimum atomic E-state index is -0.0784. The molecule has 0 radical (unpaired) electrons. The van der Waals surface area contributed by atoms with Crippen molar-refractivity contribution in [3.05, 3.63) is 54.4 Å². The Hall–Kier alpha value is -3.02. The lowest BCUT2D eigenvalue weighted by Crippen LogP contribution is -1.97. The highest BCUT2D eigenvalue weighted by Gasteiger charge is 2.11. The maximum atomic E-state index is 9.44. The molecule has 0 aliphatic carbocycles. The molecule has 0 bridgehead atoms. The number of ether oxygens (including phenoxy) is 1. The van der Waals surface area contributed by atoms with Crippen molar-refractivity contribution >= 4 is 0 Å². The second-order valence-electron chi connectivity index (χ2n) is 4.36. The van der Waals surface area contributed by atoms with Crippen LogP contribution >= 0.6 is 0 Å². The maximum Gasteiger partial charge on any atom is 0.258 e. The molecule has 6 nitrogen and oxygen atoms in total. The second kappa shape index (κ2) is 5.54. The molecule has 2 N–H and O–H groups in total. The van der Waals surface area contributed by atoms with Crippen molar-refractivity contribution in [2.45, 2.75) is 6.61 Å². The molecule has 1 heterocycles. The lowest BCUT2D eigenvalue weighted by Gasteiger charge is -2.01. The summed E-state index contributed by atoms with van der Waals surface area (Å²) >= 11 is 0. The lowest BCUT2D eigenvalue weighted by atomic mass is 10.2. The van der Waals surface area contributed by atoms with Gasteiger partial charge < -0.3 is 19.5 Å². The molecule has 0 spiro atoms. The van der Waals surface area contributed by atoms with Crippen LogP contribution in [0.3, 0.4) is 0 Å². The molecule has 0 unspecified atom stereocenters. The summed E-state index contributed by atoms with van der Waals surface area (Å²) in [6, 6.07) is 13.4. The summed E-state index contributed by atoms with van der Waals surface area (Å²) in [4.78, 5) is 4.15. The number of benzene rings is 2. The third-order valence-electron chi connectivity index (χ3n) is 2.73. The maximum absolute atomic E-state index is 9.44. The van der Waals surface area contributed by atoms with Crippen LogP contribution in [0.5, 0.6) is 17.2 Å². The molecule has 21 heavy (non-hydrogen) atoms. The zero-order valence-electron chi connectivity index (χ0n) is 10.9. The van der Waals surface area contributed by atoms with Crippen LogP contribution in [0.2, 0.25) is 0 Å². The largest absolute Gasteiger partial charge is 0.508 e. The highest BCUT2D eigenvalue weighted by Crippen LogP contribution is 2.27. The molecule has 3 aromatic rings. The van der Waals surface area contributed by atoms with E-state index in [1.165, 1.54) is 18.2 Å². The number of aromatic hydroxyl groups is 2. The van der Waals surface area contributed by atoms with Crippen molar-refractivity contribution in [1.82, 2.24) is 10.1 Å². The van der Waals surface area contributed by atoms with Crippen LogP contribution in [0.15, 0.2) is 53.1 Å². The second-order valence-corrected chi connectivity index (χ2v) is 4.36. The fraction of sp³-hybridized carbons (Fsp3) is 0.0667. The smallest absolute Gasteiger partial charge is 0.258 e. The summed E-state index contributed by atoms with van der Waals surface area (Å²) in [5.41, 5.74) is 0.436. The Kier molecular flexibility index (Phi) is 3.42. The highest BCUT2D eigenvalue weighted by molar-refractivity contribution is 5.58. The molecule has 0 aliphatic heterocycles. The van der Waals surface area contributed by atoms with E-state index in [0.29, 0.717) is 17.1 Å². The third-order valence-corrected chi connectivity index (χ3v) is 2.73. The minimum absolute atomic E-state index is 0.0784. The monoisotopic (exact) mass is 284 g/mol. The van der Waals surface area contributed by atoms with Crippen LogP contribution in [0.4, 0.5) is 0 Å². The Morgan fingerprint density at radius 2 is 1.71 bits per heavy atom. The van der Waals surface area contributed by atoms with Gasteiger partial charge in [0.05, 0.1) is 0 Å². The van der Waals surface area contributed by atoms with E-state index in [0.717, 1.165) is 0 Å². The Morgan fingerprint density at radius 1 is 1.00 bits per heavy atom. The molecule has 0 fully saturated rings. The van der Waals surface area contributed by atoms with E-state index in [-0.39, 0.29) is 24.0 Å². The quantitative estimate of drug-likeness (QED) is 0.765. The number of hydrogen-bond donors (Lipinski definition) is 2. The molecule has 106 valence electrons. The number of para-hydroxylation sites is 1. The van der Waals surface area contributed by atoms with Gasteiger partial charge in [0.15, 0.2) is 6.61 Å². The Bertz CT molecular complexity index is 720. The van der Waals surface area contributed by atoms with Gasteiger partial charge in [0.1, 0.15) is 17.2 Å². The van der Waals surface area contributed by atoms with E-state index in [9.17, 15) is 10.2 Å². The van der Waals surface area contributed by atoms with Crippen LogP contribution in [0.1, 0.15) is 5.82 Å². The molecular weight excluding hydrogens is 272 g/mol. The van der Waals surface area contributed by atoms with Crippen molar-refractivity contribution in [1.29, 1.82) is 0 Å². The predicted octanol–water partition coefficient (Wildman–Crippen LogP) is 2.73. The number of hydrogen-bond acceptors (Lipinski definition) is 6. The van der Waals surface area contributed by atoms with Crippen molar-refractivity contribution in [2.24, 2.45) is 0 Å². The zero-order chi connectivity index (χ0) is 14.7. The number of rotatable bonds is 4. The number of phenolic OH excluding ortho intramolecular Hbond substituents is 2. The van der Waals surface area contributed by atoms with Crippen molar-refractivity contribution < 1.29 is 19.5 Å². The first-order valence-electron chi connectivity index (χ1n) is 6.24. The summed E-state index contributed by atoms with van der Waals surface area (Å²) in [6.45, 7) is 0.165. The summed E-state index contributed by atoms with van der Waals surface area (Å²) < 4.78 is 10.6. The average Bonchev–Trinajstić information content (AvgIpc) is 2.94. The van der Waals surface area contributed by atoms with Crippen LogP contribution in [-0.2, 0) is 6.61 Å². The first-order valence-corrected chi connectivity index (χ1v) is 6.24. The summed E-state index contributed by atoms with van der Waals surface area (Å²) in [6.07, 6.45) is 0. The van der Waals surface area contributed by atoms with Crippen molar-refractivity contribution in [2.75, 3.05) is 0 Å². The standard InChI is InChI=1S/C15H12N2O4/c18-11-6-10(7-12(19)8-11)15-16-14(17-21-15)9-20-13-4-2-1-3-5-13/h1-8,18-19H,9H2. The minimum Gasteiger partial charge on any atom is -0.508 e. The summed E-state index contributed by atoms with van der Waals surface area (Å²) in [5.74, 6) is 1.12. The summed E-state index contributed by atoms with van der Waals surface area (Å²) in [7, 11) is 0. The number of nitrogens with zero attached hydrogens (tertiary/aromatic N) is 2. The van der Waals surface area contributed by atoms with Gasteiger partial charge in [0.2, 0.25) is 5.82 Å². The first-order chi connectivity index (χ1) is 10.2. The first kappa shape index (κ1) is 13.0. The molecule has 6 heteroatoms. The van der Waals surface area contributed by atoms with Crippen LogP contribution in [0.25, 0.3) is 11.5 Å². The van der Waals surface area contributed by atoms with Gasteiger partial charge in [-0.05, 0) is 24.3 Å². The Labute approximate surface area is 120 Å². The topological polar surface area (TPSA) is 88.6 Å². The van der Waals surface area contributed by atoms with Crippen molar-refractivity contribution in [3.63, 3.8) is 0 Å². The lowest BCUT2D eigenvalue weighted by molar-refractivity contribution is 0.287. The molecule has 2 aromatic carbocycles. The predicted molar refractivity (Wildman–Crippen MR) is 73.8 cm³/mol. The Balaban J connectivity index is 1.74. The van der Waals surface area contributed by atoms with E-state index in [1.54, 1.807) is 0 Å². The van der Waals surface area contributed by atoms with Gasteiger partial charge >= 0.3 is 0 Å². The van der Waals surface area contributed by atoms with E-state index in [1.807, 2.05) is 30.3 Å². The normalized spacial score (nSPS) is 10.5. The summed E-state index contributed by atoms with van der Waals surface area (Å²) in [5, 5.41) is 22.7. The van der Waals surface area contributed by atoms with Crippen molar-refractivity contribution in [3.8, 4) is 28.7 Å². The molecule has 3 rings (SSSR count). The van der Waals surface area contributed by atoms with Gasteiger partial charge in [-0.25, -0.2) is 0 Å². The molecular formula is C15H12N2O4. The molecule has 1 aromatic heterocycles. The SMILES string of the molecule is Oc1cc(O)cc(-c2nc(COc3ccccc3)no2)c1. The molecule has 0 atom stereocenters. The van der Waals surface area contributed by atoms with E-state index in [2.05, 4.69) is 10.1 Å². The highest BCUT2D eigenvalue weighted by atomic mass is 16.5. The molecule has 0 amide bonds. The molecule has 0 saturated carbocycles. The van der Waals surface area contributed by atoms with Gasteiger partial charge in [0.25, 0.3) is 5.89 Å². The Morgan fingerprint density at radius 3 is 2.43 bits per heavy atom. The van der Waals surface area contributed by atoms with E-state index < -0.39 is 0 Å². The fourth-order valence-electron chi connectivity index (χ4n) is 1.81. The van der Waals surface area contributed by atoms with Crippen LogP contribution in [-0.4, -0.2) is 20.4 Å². The fourth-order valence-corrected chi connectivity index (χ4v) is 1.81. The van der Waals surface area contributed by atoms with Gasteiger partial charge in [0, 0.05) is 11.6 Å². The third kappa shape index (κ3) is 3.11. The van der Waals surface area contributed by atoms with Gasteiger partial charge in [-0.1, -0.05) is 23.4 Å². The molecule has 0 saturated heterocycles. The number of aromatic nitrogens is 2. The van der Waals surface area contributed by atoms with Gasteiger partial charge in [-0.3, -0.25) is 0 Å². The van der Waals surface area contributed by atoms with E-state index in [4.69, 9.17) is 9.26 Å². The van der Waals surface area contributed by atoms with Gasteiger partial charge in [-0.2, -0.15) is 4.98 Å². The van der Waals surface area contributed by atoms with Crippen LogP contribution < -0.4 is 4.74 Å². The van der Waals surface area contributed by atoms with E-state index >= 15 is 0 Å². The van der Waals surface area contributed by atoms with Gasteiger partial charge in [-0.15, -0.1) is 0 Å². The number of phenols is 2. The van der Waals surface area contributed by atoms with Crippen LogP contribution in [0, 0.1) is 0 Å². The average molecular weight is 284 g/mol. The molecule has 0 aliphatic rings. The zero-order valence-corrected chi connectivity index (χ0v) is 10.9.